The molecule has 112 valence electrons. The summed E-state index contributed by atoms with van der Waals surface area (Å²) < 4.78 is 5.72. The molecular weight excluding hydrogens is 252 g/mol. The monoisotopic (exact) mass is 278 g/mol. The second-order valence-corrected chi connectivity index (χ2v) is 5.36. The van der Waals surface area contributed by atoms with Gasteiger partial charge in [0, 0.05) is 31.7 Å². The lowest BCUT2D eigenvalue weighted by atomic mass is 10.00. The Hall–Kier alpha value is -1.36. The lowest BCUT2D eigenvalue weighted by molar-refractivity contribution is 0.0900. The van der Waals surface area contributed by atoms with E-state index in [1.54, 1.807) is 0 Å². The van der Waals surface area contributed by atoms with Crippen molar-refractivity contribution in [1.29, 1.82) is 0 Å². The van der Waals surface area contributed by atoms with Crippen molar-refractivity contribution >= 4 is 11.6 Å². The summed E-state index contributed by atoms with van der Waals surface area (Å²) in [4.78, 5) is 8.85. The molecule has 2 N–H and O–H groups in total. The van der Waals surface area contributed by atoms with Crippen LogP contribution in [0.1, 0.15) is 38.9 Å². The van der Waals surface area contributed by atoms with Crippen molar-refractivity contribution in [2.75, 3.05) is 30.3 Å². The van der Waals surface area contributed by atoms with Crippen molar-refractivity contribution in [1.82, 2.24) is 9.97 Å². The number of nitrogens with zero attached hydrogens (tertiary/aromatic N) is 2. The van der Waals surface area contributed by atoms with Crippen LogP contribution in [0.5, 0.6) is 0 Å². The van der Waals surface area contributed by atoms with Gasteiger partial charge in [-0.3, -0.25) is 0 Å². The van der Waals surface area contributed by atoms with Gasteiger partial charge in [-0.2, -0.15) is 0 Å². The average molecular weight is 278 g/mol. The van der Waals surface area contributed by atoms with Gasteiger partial charge >= 0.3 is 0 Å². The standard InChI is InChI=1S/C15H26N4O/c1-4-7-16-14-9-15(19-11(3)18-14)17-10-12-6-8-20-13(12)5-2/h9,12-13H,4-8,10H2,1-3H3,(H2,16,17,18,19). The van der Waals surface area contributed by atoms with Crippen LogP contribution >= 0.6 is 0 Å². The molecule has 5 heteroatoms. The number of hydrogen-bond donors (Lipinski definition) is 2. The molecule has 2 heterocycles. The molecule has 0 bridgehead atoms. The molecule has 2 unspecified atom stereocenters. The van der Waals surface area contributed by atoms with Crippen molar-refractivity contribution in [2.24, 2.45) is 5.92 Å². The van der Waals surface area contributed by atoms with Crippen molar-refractivity contribution in [3.63, 3.8) is 0 Å². The highest BCUT2D eigenvalue weighted by Crippen LogP contribution is 2.23. The Kier molecular flexibility index (Phi) is 5.59. The fourth-order valence-corrected chi connectivity index (χ4v) is 2.62. The highest BCUT2D eigenvalue weighted by atomic mass is 16.5. The third-order valence-corrected chi connectivity index (χ3v) is 3.69. The van der Waals surface area contributed by atoms with E-state index in [0.717, 1.165) is 56.4 Å². The number of nitrogens with one attached hydrogen (secondary N) is 2. The maximum absolute atomic E-state index is 5.72. The van der Waals surface area contributed by atoms with Crippen LogP contribution in [0.15, 0.2) is 6.07 Å². The minimum atomic E-state index is 0.392. The highest BCUT2D eigenvalue weighted by molar-refractivity contribution is 5.47. The zero-order chi connectivity index (χ0) is 14.4. The first kappa shape index (κ1) is 15.0. The van der Waals surface area contributed by atoms with E-state index in [1.807, 2.05) is 13.0 Å². The van der Waals surface area contributed by atoms with Crippen LogP contribution < -0.4 is 10.6 Å². The van der Waals surface area contributed by atoms with Crippen LogP contribution in [0, 0.1) is 12.8 Å². The predicted octanol–water partition coefficient (Wildman–Crippen LogP) is 2.83. The third-order valence-electron chi connectivity index (χ3n) is 3.69. The Bertz CT molecular complexity index is 424. The van der Waals surface area contributed by atoms with Crippen LogP contribution in [-0.4, -0.2) is 35.8 Å². The van der Waals surface area contributed by atoms with Gasteiger partial charge in [0.1, 0.15) is 17.5 Å². The van der Waals surface area contributed by atoms with Crippen molar-refractivity contribution < 1.29 is 4.74 Å². The molecule has 1 aliphatic rings. The van der Waals surface area contributed by atoms with Crippen LogP contribution in [0.4, 0.5) is 11.6 Å². The molecule has 0 radical (unpaired) electrons. The Morgan fingerprint density at radius 1 is 1.25 bits per heavy atom. The summed E-state index contributed by atoms with van der Waals surface area (Å²) in [5, 5.41) is 6.75. The highest BCUT2D eigenvalue weighted by Gasteiger charge is 2.26. The van der Waals surface area contributed by atoms with E-state index in [0.29, 0.717) is 12.0 Å². The van der Waals surface area contributed by atoms with Gasteiger partial charge in [0.25, 0.3) is 0 Å². The fraction of sp³-hybridized carbons (Fsp3) is 0.733. The first-order valence-corrected chi connectivity index (χ1v) is 7.68. The molecule has 1 fully saturated rings. The van der Waals surface area contributed by atoms with Crippen LogP contribution in [0.2, 0.25) is 0 Å². The Morgan fingerprint density at radius 3 is 2.70 bits per heavy atom. The second-order valence-electron chi connectivity index (χ2n) is 5.36. The molecule has 20 heavy (non-hydrogen) atoms. The first-order valence-electron chi connectivity index (χ1n) is 7.68. The van der Waals surface area contributed by atoms with Crippen molar-refractivity contribution in [3.8, 4) is 0 Å². The van der Waals surface area contributed by atoms with Crippen molar-refractivity contribution in [3.05, 3.63) is 11.9 Å². The molecule has 0 saturated carbocycles. The van der Waals surface area contributed by atoms with Crippen LogP contribution in [0.25, 0.3) is 0 Å². The number of rotatable bonds is 7. The maximum Gasteiger partial charge on any atom is 0.131 e. The topological polar surface area (TPSA) is 59.1 Å². The first-order chi connectivity index (χ1) is 9.72. The van der Waals surface area contributed by atoms with Gasteiger partial charge in [-0.05, 0) is 26.2 Å². The lowest BCUT2D eigenvalue weighted by Gasteiger charge is -2.18. The molecule has 1 aromatic rings. The molecule has 1 aliphatic heterocycles. The van der Waals surface area contributed by atoms with Crippen molar-refractivity contribution in [2.45, 2.75) is 46.1 Å². The summed E-state index contributed by atoms with van der Waals surface area (Å²) in [5.41, 5.74) is 0. The van der Waals surface area contributed by atoms with E-state index >= 15 is 0 Å². The van der Waals surface area contributed by atoms with E-state index < -0.39 is 0 Å². The minimum absolute atomic E-state index is 0.392. The molecule has 2 rings (SSSR count). The SMILES string of the molecule is CCCNc1cc(NCC2CCOC2CC)nc(C)n1. The minimum Gasteiger partial charge on any atom is -0.378 e. The molecular formula is C15H26N4O. The summed E-state index contributed by atoms with van der Waals surface area (Å²) in [5.74, 6) is 3.18. The summed E-state index contributed by atoms with van der Waals surface area (Å²) in [6.07, 6.45) is 3.70. The summed E-state index contributed by atoms with van der Waals surface area (Å²) in [7, 11) is 0. The largest absolute Gasteiger partial charge is 0.378 e. The second kappa shape index (κ2) is 7.43. The molecule has 0 amide bonds. The van der Waals surface area contributed by atoms with E-state index in [2.05, 4.69) is 34.4 Å². The molecule has 1 aromatic heterocycles. The normalized spacial score (nSPS) is 21.9. The van der Waals surface area contributed by atoms with E-state index in [9.17, 15) is 0 Å². The fourth-order valence-electron chi connectivity index (χ4n) is 2.62. The number of ether oxygens (including phenoxy) is 1. The summed E-state index contributed by atoms with van der Waals surface area (Å²) in [6.45, 7) is 9.00. The average Bonchev–Trinajstić information content (AvgIpc) is 2.90. The smallest absolute Gasteiger partial charge is 0.131 e. The zero-order valence-corrected chi connectivity index (χ0v) is 12.8. The van der Waals surface area contributed by atoms with E-state index in [-0.39, 0.29) is 0 Å². The molecule has 1 saturated heterocycles. The van der Waals surface area contributed by atoms with Crippen LogP contribution in [0.3, 0.4) is 0 Å². The molecule has 0 aromatic carbocycles. The summed E-state index contributed by atoms with van der Waals surface area (Å²) in [6, 6.07) is 1.99. The molecule has 0 spiro atoms. The van der Waals surface area contributed by atoms with Crippen LogP contribution in [-0.2, 0) is 4.74 Å². The zero-order valence-electron chi connectivity index (χ0n) is 12.8. The van der Waals surface area contributed by atoms with Gasteiger partial charge in [-0.15, -0.1) is 0 Å². The molecule has 2 atom stereocenters. The molecule has 0 aliphatic carbocycles. The number of hydrogen-bond acceptors (Lipinski definition) is 5. The van der Waals surface area contributed by atoms with Gasteiger partial charge in [0.15, 0.2) is 0 Å². The molecule has 5 nitrogen and oxygen atoms in total. The van der Waals surface area contributed by atoms with E-state index in [4.69, 9.17) is 4.74 Å². The number of aromatic nitrogens is 2. The quantitative estimate of drug-likeness (QED) is 0.803. The summed E-state index contributed by atoms with van der Waals surface area (Å²) >= 11 is 0. The van der Waals surface area contributed by atoms with Gasteiger partial charge < -0.3 is 15.4 Å². The third kappa shape index (κ3) is 4.07. The van der Waals surface area contributed by atoms with E-state index in [1.165, 1.54) is 0 Å². The van der Waals surface area contributed by atoms with Gasteiger partial charge in [0.2, 0.25) is 0 Å². The Labute approximate surface area is 121 Å². The number of aryl methyl sites for hydroxylation is 1. The predicted molar refractivity (Wildman–Crippen MR) is 82.2 cm³/mol. The maximum atomic E-state index is 5.72. The number of anilines is 2. The van der Waals surface area contributed by atoms with Gasteiger partial charge in [-0.1, -0.05) is 13.8 Å². The Morgan fingerprint density at radius 2 is 2.00 bits per heavy atom. The Balaban J connectivity index is 1.93. The van der Waals surface area contributed by atoms with Gasteiger partial charge in [0.05, 0.1) is 6.10 Å². The lowest BCUT2D eigenvalue weighted by Crippen LogP contribution is -2.23. The van der Waals surface area contributed by atoms with Gasteiger partial charge in [-0.25, -0.2) is 9.97 Å².